The highest BCUT2D eigenvalue weighted by Gasteiger charge is 2.08. The van der Waals surface area contributed by atoms with Gasteiger partial charge in [-0.25, -0.2) is 0 Å². The molecule has 0 radical (unpaired) electrons. The molecule has 1 aromatic carbocycles. The van der Waals surface area contributed by atoms with Crippen LogP contribution in [0.4, 0.5) is 5.69 Å². The van der Waals surface area contributed by atoms with Crippen LogP contribution < -0.4 is 5.73 Å². The number of benzene rings is 1. The maximum absolute atomic E-state index is 5.77. The molecule has 0 aliphatic carbocycles. The summed E-state index contributed by atoms with van der Waals surface area (Å²) in [5.41, 5.74) is 8.68. The van der Waals surface area contributed by atoms with E-state index in [2.05, 4.69) is 42.8 Å². The predicted molar refractivity (Wildman–Crippen MR) is 77.4 cm³/mol. The Balaban J connectivity index is 2.27. The number of hydrogen-bond acceptors (Lipinski definition) is 3. The fourth-order valence-corrected chi connectivity index (χ4v) is 2.14. The van der Waals surface area contributed by atoms with Crippen LogP contribution in [-0.4, -0.2) is 22.5 Å². The van der Waals surface area contributed by atoms with Crippen molar-refractivity contribution in [3.8, 4) is 0 Å². The fourth-order valence-electron chi connectivity index (χ4n) is 2.14. The van der Waals surface area contributed by atoms with Gasteiger partial charge in [0.1, 0.15) is 0 Å². The molecule has 0 saturated heterocycles. The molecule has 2 aromatic rings. The van der Waals surface area contributed by atoms with E-state index >= 15 is 0 Å². The topological polar surface area (TPSA) is 42.1 Å². The number of nitrogen functional groups attached to an aromatic ring is 1. The first kappa shape index (κ1) is 12.8. The smallest absolute Gasteiger partial charge is 0.0707 e. The van der Waals surface area contributed by atoms with Crippen LogP contribution in [0.3, 0.4) is 0 Å². The maximum Gasteiger partial charge on any atom is 0.0707 e. The summed E-state index contributed by atoms with van der Waals surface area (Å²) in [6.07, 6.45) is 0. The number of aromatic nitrogens is 1. The van der Waals surface area contributed by atoms with Crippen LogP contribution in [0, 0.1) is 0 Å². The van der Waals surface area contributed by atoms with Crippen molar-refractivity contribution in [2.24, 2.45) is 0 Å². The number of hydrogen-bond donors (Lipinski definition) is 1. The van der Waals surface area contributed by atoms with Crippen molar-refractivity contribution in [3.05, 3.63) is 36.0 Å². The van der Waals surface area contributed by atoms with Crippen LogP contribution in [0.25, 0.3) is 10.9 Å². The van der Waals surface area contributed by atoms with Gasteiger partial charge in [-0.2, -0.15) is 0 Å². The first-order valence-electron chi connectivity index (χ1n) is 6.49. The van der Waals surface area contributed by atoms with Crippen molar-refractivity contribution in [2.75, 3.05) is 12.3 Å². The summed E-state index contributed by atoms with van der Waals surface area (Å²) < 4.78 is 0. The van der Waals surface area contributed by atoms with Crippen LogP contribution in [0.2, 0.25) is 0 Å². The normalized spacial score (nSPS) is 11.6. The Morgan fingerprint density at radius 2 is 2.00 bits per heavy atom. The second kappa shape index (κ2) is 5.36. The molecule has 3 nitrogen and oxygen atoms in total. The maximum atomic E-state index is 5.77. The van der Waals surface area contributed by atoms with E-state index in [0.717, 1.165) is 35.4 Å². The van der Waals surface area contributed by atoms with Gasteiger partial charge in [-0.05, 0) is 44.7 Å². The van der Waals surface area contributed by atoms with E-state index in [1.165, 1.54) is 0 Å². The summed E-state index contributed by atoms with van der Waals surface area (Å²) in [4.78, 5) is 7.08. The summed E-state index contributed by atoms with van der Waals surface area (Å²) in [7, 11) is 0. The minimum absolute atomic E-state index is 0.541. The molecule has 1 aromatic heterocycles. The lowest BCUT2D eigenvalue weighted by Crippen LogP contribution is -2.30. The average molecular weight is 243 g/mol. The van der Waals surface area contributed by atoms with Gasteiger partial charge in [-0.15, -0.1) is 0 Å². The number of rotatable bonds is 4. The third-order valence-corrected chi connectivity index (χ3v) is 3.27. The highest BCUT2D eigenvalue weighted by Crippen LogP contribution is 2.17. The first-order chi connectivity index (χ1) is 8.60. The predicted octanol–water partition coefficient (Wildman–Crippen LogP) is 3.05. The molecule has 0 aliphatic rings. The molecular weight excluding hydrogens is 222 g/mol. The fraction of sp³-hybridized carbons (Fsp3) is 0.400. The molecule has 96 valence electrons. The highest BCUT2D eigenvalue weighted by atomic mass is 15.1. The van der Waals surface area contributed by atoms with E-state index in [9.17, 15) is 0 Å². The quantitative estimate of drug-likeness (QED) is 0.839. The standard InChI is InChI=1S/C15H21N3/c1-4-18(11(2)3)10-14-7-5-12-9-13(16)6-8-15(12)17-14/h5-9,11H,4,10,16H2,1-3H3. The zero-order chi connectivity index (χ0) is 13.1. The van der Waals surface area contributed by atoms with Gasteiger partial charge in [0.15, 0.2) is 0 Å². The lowest BCUT2D eigenvalue weighted by Gasteiger charge is -2.24. The Morgan fingerprint density at radius 1 is 1.22 bits per heavy atom. The Kier molecular flexibility index (Phi) is 3.82. The molecule has 2 N–H and O–H groups in total. The molecule has 1 heterocycles. The van der Waals surface area contributed by atoms with Crippen molar-refractivity contribution >= 4 is 16.6 Å². The monoisotopic (exact) mass is 243 g/mol. The Morgan fingerprint density at radius 3 is 2.67 bits per heavy atom. The molecule has 18 heavy (non-hydrogen) atoms. The Hall–Kier alpha value is -1.61. The van der Waals surface area contributed by atoms with Crippen LogP contribution in [0.15, 0.2) is 30.3 Å². The third-order valence-electron chi connectivity index (χ3n) is 3.27. The Labute approximate surface area is 109 Å². The number of pyridine rings is 1. The molecule has 2 rings (SSSR count). The van der Waals surface area contributed by atoms with E-state index in [-0.39, 0.29) is 0 Å². The summed E-state index contributed by atoms with van der Waals surface area (Å²) in [5, 5.41) is 1.10. The van der Waals surface area contributed by atoms with Gasteiger partial charge in [0.05, 0.1) is 11.2 Å². The first-order valence-corrected chi connectivity index (χ1v) is 6.49. The van der Waals surface area contributed by atoms with Crippen LogP contribution >= 0.6 is 0 Å². The minimum Gasteiger partial charge on any atom is -0.399 e. The molecule has 0 fully saturated rings. The summed E-state index contributed by atoms with van der Waals surface area (Å²) in [6, 6.07) is 10.6. The molecule has 0 bridgehead atoms. The molecule has 3 heteroatoms. The van der Waals surface area contributed by atoms with Crippen LogP contribution in [0.5, 0.6) is 0 Å². The van der Waals surface area contributed by atoms with E-state index in [4.69, 9.17) is 5.73 Å². The minimum atomic E-state index is 0.541. The lowest BCUT2D eigenvalue weighted by molar-refractivity contribution is 0.222. The summed E-state index contributed by atoms with van der Waals surface area (Å²) in [6.45, 7) is 8.55. The van der Waals surface area contributed by atoms with E-state index < -0.39 is 0 Å². The highest BCUT2D eigenvalue weighted by molar-refractivity contribution is 5.81. The van der Waals surface area contributed by atoms with Gasteiger partial charge in [-0.1, -0.05) is 13.0 Å². The van der Waals surface area contributed by atoms with Gasteiger partial charge in [0, 0.05) is 23.7 Å². The van der Waals surface area contributed by atoms with Gasteiger partial charge in [-0.3, -0.25) is 9.88 Å². The Bertz CT molecular complexity index is 534. The molecule has 0 aliphatic heterocycles. The van der Waals surface area contributed by atoms with E-state index in [0.29, 0.717) is 6.04 Å². The third kappa shape index (κ3) is 2.79. The van der Waals surface area contributed by atoms with Crippen molar-refractivity contribution in [2.45, 2.75) is 33.4 Å². The van der Waals surface area contributed by atoms with Gasteiger partial charge < -0.3 is 5.73 Å². The van der Waals surface area contributed by atoms with Gasteiger partial charge >= 0.3 is 0 Å². The summed E-state index contributed by atoms with van der Waals surface area (Å²) >= 11 is 0. The summed E-state index contributed by atoms with van der Waals surface area (Å²) in [5.74, 6) is 0. The number of fused-ring (bicyclic) bond motifs is 1. The van der Waals surface area contributed by atoms with Gasteiger partial charge in [0.2, 0.25) is 0 Å². The van der Waals surface area contributed by atoms with E-state index in [1.54, 1.807) is 0 Å². The van der Waals surface area contributed by atoms with Gasteiger partial charge in [0.25, 0.3) is 0 Å². The number of nitrogens with two attached hydrogens (primary N) is 1. The van der Waals surface area contributed by atoms with Crippen molar-refractivity contribution in [1.82, 2.24) is 9.88 Å². The number of anilines is 1. The van der Waals surface area contributed by atoms with E-state index in [1.807, 2.05) is 18.2 Å². The van der Waals surface area contributed by atoms with Crippen LogP contribution in [-0.2, 0) is 6.54 Å². The molecule has 0 saturated carbocycles. The zero-order valence-electron chi connectivity index (χ0n) is 11.4. The van der Waals surface area contributed by atoms with Crippen molar-refractivity contribution < 1.29 is 0 Å². The average Bonchev–Trinajstić information content (AvgIpc) is 2.35. The lowest BCUT2D eigenvalue weighted by atomic mass is 10.1. The molecular formula is C15H21N3. The number of nitrogens with zero attached hydrogens (tertiary/aromatic N) is 2. The SMILES string of the molecule is CCN(Cc1ccc2cc(N)ccc2n1)C(C)C. The molecule has 0 spiro atoms. The molecule has 0 unspecified atom stereocenters. The van der Waals surface area contributed by atoms with Crippen molar-refractivity contribution in [1.29, 1.82) is 0 Å². The van der Waals surface area contributed by atoms with Crippen LogP contribution in [0.1, 0.15) is 26.5 Å². The second-order valence-corrected chi connectivity index (χ2v) is 4.91. The second-order valence-electron chi connectivity index (χ2n) is 4.91. The largest absolute Gasteiger partial charge is 0.399 e. The molecule has 0 atom stereocenters. The van der Waals surface area contributed by atoms with Crippen molar-refractivity contribution in [3.63, 3.8) is 0 Å². The molecule has 0 amide bonds. The zero-order valence-corrected chi connectivity index (χ0v) is 11.4.